The van der Waals surface area contributed by atoms with Crippen LogP contribution in [0.3, 0.4) is 0 Å². The number of halogens is 1. The van der Waals surface area contributed by atoms with Gasteiger partial charge in [-0.1, -0.05) is 11.6 Å². The van der Waals surface area contributed by atoms with Gasteiger partial charge in [0.25, 0.3) is 0 Å². The van der Waals surface area contributed by atoms with E-state index in [-0.39, 0.29) is 0 Å². The number of aryl methyl sites for hydroxylation is 1. The third-order valence-corrected chi connectivity index (χ3v) is 2.76. The zero-order chi connectivity index (χ0) is 10.4. The molecule has 0 aliphatic carbocycles. The van der Waals surface area contributed by atoms with Gasteiger partial charge in [0, 0.05) is 36.6 Å². The number of nitrogens with zero attached hydrogens (tertiary/aromatic N) is 3. The summed E-state index contributed by atoms with van der Waals surface area (Å²) >= 11 is 6.07. The molecule has 0 unspecified atom stereocenters. The fourth-order valence-corrected chi connectivity index (χ4v) is 2.03. The molecule has 0 bridgehead atoms. The van der Waals surface area contributed by atoms with Crippen molar-refractivity contribution in [2.24, 2.45) is 7.05 Å². The van der Waals surface area contributed by atoms with Crippen molar-refractivity contribution >= 4 is 22.5 Å². The molecule has 0 radical (unpaired) electrons. The van der Waals surface area contributed by atoms with Crippen molar-refractivity contribution in [1.82, 2.24) is 14.5 Å². The lowest BCUT2D eigenvalue weighted by Crippen LogP contribution is -1.90. The predicted octanol–water partition coefficient (Wildman–Crippen LogP) is 2.73. The van der Waals surface area contributed by atoms with Crippen molar-refractivity contribution in [3.8, 4) is 11.3 Å². The fourth-order valence-electron chi connectivity index (χ4n) is 1.78. The summed E-state index contributed by atoms with van der Waals surface area (Å²) in [5, 5.41) is 1.45. The third-order valence-electron chi connectivity index (χ3n) is 2.47. The van der Waals surface area contributed by atoms with Crippen LogP contribution in [0.25, 0.3) is 22.2 Å². The quantitative estimate of drug-likeness (QED) is 0.542. The average Bonchev–Trinajstić information content (AvgIpc) is 2.57. The molecule has 2 aliphatic rings. The molecule has 1 aromatic rings. The summed E-state index contributed by atoms with van der Waals surface area (Å²) in [4.78, 5) is 8.55. The summed E-state index contributed by atoms with van der Waals surface area (Å²) in [7, 11) is 1.97. The Hall–Kier alpha value is -1.61. The standard InChI is InChI=1S/C11H8ClN3/c1-15-5-3-8-7(6-15)10-9(14-8)2-4-13-11(10)12/h2-6H,1H3. The van der Waals surface area contributed by atoms with Gasteiger partial charge in [-0.25, -0.2) is 9.97 Å². The number of hydrogen-bond acceptors (Lipinski definition) is 2. The van der Waals surface area contributed by atoms with Gasteiger partial charge in [-0.05, 0) is 12.1 Å². The first kappa shape index (κ1) is 8.68. The van der Waals surface area contributed by atoms with Crippen molar-refractivity contribution in [2.45, 2.75) is 0 Å². The first-order valence-electron chi connectivity index (χ1n) is 4.61. The van der Waals surface area contributed by atoms with Crippen LogP contribution in [0.2, 0.25) is 5.15 Å². The SMILES string of the molecule is Cn1ccc2nc3ccnc(Cl)c3c-2c1. The number of fused-ring (bicyclic) bond motifs is 3. The van der Waals surface area contributed by atoms with E-state index < -0.39 is 0 Å². The summed E-state index contributed by atoms with van der Waals surface area (Å²) < 4.78 is 1.98. The van der Waals surface area contributed by atoms with E-state index >= 15 is 0 Å². The minimum atomic E-state index is 0.515. The van der Waals surface area contributed by atoms with E-state index in [1.165, 1.54) is 0 Å². The molecule has 3 nitrogen and oxygen atoms in total. The molecule has 1 aromatic heterocycles. The van der Waals surface area contributed by atoms with Crippen molar-refractivity contribution in [3.63, 3.8) is 0 Å². The van der Waals surface area contributed by atoms with E-state index in [0.717, 1.165) is 22.2 Å². The maximum atomic E-state index is 6.07. The Morgan fingerprint density at radius 3 is 3.07 bits per heavy atom. The van der Waals surface area contributed by atoms with Gasteiger partial charge < -0.3 is 4.57 Å². The van der Waals surface area contributed by atoms with E-state index in [2.05, 4.69) is 9.97 Å². The van der Waals surface area contributed by atoms with E-state index in [9.17, 15) is 0 Å². The van der Waals surface area contributed by atoms with Crippen LogP contribution >= 0.6 is 11.6 Å². The van der Waals surface area contributed by atoms with E-state index in [0.29, 0.717) is 5.15 Å². The first-order chi connectivity index (χ1) is 7.25. The molecule has 0 saturated carbocycles. The molecule has 0 amide bonds. The van der Waals surface area contributed by atoms with Crippen LogP contribution in [0.4, 0.5) is 0 Å². The largest absolute Gasteiger partial charge is 0.356 e. The topological polar surface area (TPSA) is 30.7 Å². The van der Waals surface area contributed by atoms with Gasteiger partial charge in [-0.3, -0.25) is 0 Å². The van der Waals surface area contributed by atoms with Crippen molar-refractivity contribution in [1.29, 1.82) is 0 Å². The smallest absolute Gasteiger partial charge is 0.139 e. The fraction of sp³-hybridized carbons (Fsp3) is 0.0909. The highest BCUT2D eigenvalue weighted by molar-refractivity contribution is 6.35. The Bertz CT molecular complexity index is 615. The highest BCUT2D eigenvalue weighted by atomic mass is 35.5. The lowest BCUT2D eigenvalue weighted by atomic mass is 10.1. The Kier molecular flexibility index (Phi) is 1.70. The van der Waals surface area contributed by atoms with Crippen LogP contribution in [0.1, 0.15) is 0 Å². The molecule has 0 saturated heterocycles. The van der Waals surface area contributed by atoms with Crippen LogP contribution in [0.5, 0.6) is 0 Å². The van der Waals surface area contributed by atoms with Gasteiger partial charge in [0.15, 0.2) is 0 Å². The molecule has 0 N–H and O–H groups in total. The Labute approximate surface area is 91.7 Å². The highest BCUT2D eigenvalue weighted by Gasteiger charge is 2.14. The van der Waals surface area contributed by atoms with Gasteiger partial charge in [-0.2, -0.15) is 0 Å². The number of pyridine rings is 2. The maximum absolute atomic E-state index is 6.07. The minimum absolute atomic E-state index is 0.515. The maximum Gasteiger partial charge on any atom is 0.139 e. The number of hydrogen-bond donors (Lipinski definition) is 0. The van der Waals surface area contributed by atoms with Crippen LogP contribution in [0.15, 0.2) is 30.7 Å². The summed E-state index contributed by atoms with van der Waals surface area (Å²) in [5.74, 6) is 0. The molecule has 3 rings (SSSR count). The second-order valence-corrected chi connectivity index (χ2v) is 3.87. The van der Waals surface area contributed by atoms with Gasteiger partial charge >= 0.3 is 0 Å². The van der Waals surface area contributed by atoms with E-state index in [1.807, 2.05) is 36.1 Å². The summed E-state index contributed by atoms with van der Waals surface area (Å²) in [5.41, 5.74) is 2.90. The first-order valence-corrected chi connectivity index (χ1v) is 4.99. The molecule has 3 heterocycles. The zero-order valence-electron chi connectivity index (χ0n) is 8.11. The lowest BCUT2D eigenvalue weighted by molar-refractivity contribution is 0.905. The molecular weight excluding hydrogens is 210 g/mol. The van der Waals surface area contributed by atoms with Gasteiger partial charge in [0.05, 0.1) is 11.2 Å². The second kappa shape index (κ2) is 2.94. The summed E-state index contributed by atoms with van der Waals surface area (Å²) in [6.45, 7) is 0. The monoisotopic (exact) mass is 217 g/mol. The van der Waals surface area contributed by atoms with Crippen LogP contribution in [-0.4, -0.2) is 14.5 Å². The number of aromatic nitrogens is 3. The third kappa shape index (κ3) is 1.20. The summed E-state index contributed by atoms with van der Waals surface area (Å²) in [6, 6.07) is 3.85. The Morgan fingerprint density at radius 2 is 2.20 bits per heavy atom. The molecule has 4 heteroatoms. The van der Waals surface area contributed by atoms with Gasteiger partial charge in [0.2, 0.25) is 0 Å². The van der Waals surface area contributed by atoms with E-state index in [4.69, 9.17) is 11.6 Å². The van der Waals surface area contributed by atoms with Crippen molar-refractivity contribution in [2.75, 3.05) is 0 Å². The molecule has 0 fully saturated rings. The lowest BCUT2D eigenvalue weighted by Gasteiger charge is -2.02. The van der Waals surface area contributed by atoms with Crippen LogP contribution < -0.4 is 0 Å². The van der Waals surface area contributed by atoms with Crippen molar-refractivity contribution in [3.05, 3.63) is 35.9 Å². The summed E-state index contributed by atoms with van der Waals surface area (Å²) in [6.07, 6.45) is 5.66. The Balaban J connectivity index is 2.54. The molecule has 0 spiro atoms. The van der Waals surface area contributed by atoms with Gasteiger partial charge in [-0.15, -0.1) is 0 Å². The van der Waals surface area contributed by atoms with Crippen LogP contribution in [-0.2, 0) is 7.05 Å². The van der Waals surface area contributed by atoms with Gasteiger partial charge in [0.1, 0.15) is 5.15 Å². The highest BCUT2D eigenvalue weighted by Crippen LogP contribution is 2.33. The number of rotatable bonds is 0. The molecule has 2 aliphatic heterocycles. The van der Waals surface area contributed by atoms with Crippen LogP contribution in [0, 0.1) is 0 Å². The Morgan fingerprint density at radius 1 is 1.33 bits per heavy atom. The van der Waals surface area contributed by atoms with Crippen molar-refractivity contribution < 1.29 is 0 Å². The van der Waals surface area contributed by atoms with E-state index in [1.54, 1.807) is 6.20 Å². The average molecular weight is 218 g/mol. The minimum Gasteiger partial charge on any atom is -0.356 e. The molecular formula is C11H8ClN3. The normalized spacial score (nSPS) is 11.3. The molecule has 74 valence electrons. The second-order valence-electron chi connectivity index (χ2n) is 3.52. The predicted molar refractivity (Wildman–Crippen MR) is 60.1 cm³/mol. The molecule has 15 heavy (non-hydrogen) atoms. The molecule has 0 atom stereocenters. The molecule has 0 aromatic carbocycles. The zero-order valence-corrected chi connectivity index (χ0v) is 8.86.